The first-order valence-corrected chi connectivity index (χ1v) is 11.7. The first kappa shape index (κ1) is 20.8. The minimum atomic E-state index is -3.43. The maximum absolute atomic E-state index is 12.6. The summed E-state index contributed by atoms with van der Waals surface area (Å²) in [6.07, 6.45) is 1.79. The number of nitrogens with one attached hydrogen (secondary N) is 1. The Bertz CT molecular complexity index is 902. The van der Waals surface area contributed by atoms with Gasteiger partial charge in [-0.25, -0.2) is 8.42 Å². The minimum Gasteiger partial charge on any atom is -0.496 e. The standard InChI is InChI=1S/C20H26N2O4S2/c1-15-5-6-18(26-2)17(14-15)7-10-21-20(23)16-8-11-22(12-9-16)28(24,25)19-4-3-13-27-19/h3-6,13-14,16H,7-12H2,1-2H3,(H,21,23). The molecule has 1 aliphatic rings. The lowest BCUT2D eigenvalue weighted by atomic mass is 9.97. The van der Waals surface area contributed by atoms with Crippen LogP contribution in [0.2, 0.25) is 0 Å². The molecule has 28 heavy (non-hydrogen) atoms. The Hall–Kier alpha value is -1.90. The second kappa shape index (κ2) is 9.07. The van der Waals surface area contributed by atoms with Gasteiger partial charge in [0.1, 0.15) is 9.96 Å². The van der Waals surface area contributed by atoms with Crippen LogP contribution in [0.5, 0.6) is 5.75 Å². The molecule has 1 aliphatic heterocycles. The van der Waals surface area contributed by atoms with Crippen molar-refractivity contribution in [1.29, 1.82) is 0 Å². The van der Waals surface area contributed by atoms with Crippen molar-refractivity contribution < 1.29 is 17.9 Å². The van der Waals surface area contributed by atoms with Crippen molar-refractivity contribution in [2.24, 2.45) is 5.92 Å². The molecule has 0 aliphatic carbocycles. The molecule has 1 fully saturated rings. The molecule has 1 aromatic carbocycles. The van der Waals surface area contributed by atoms with Crippen LogP contribution in [0.15, 0.2) is 39.9 Å². The van der Waals surface area contributed by atoms with Crippen LogP contribution in [0, 0.1) is 12.8 Å². The molecule has 8 heteroatoms. The van der Waals surface area contributed by atoms with E-state index in [9.17, 15) is 13.2 Å². The van der Waals surface area contributed by atoms with E-state index in [0.717, 1.165) is 16.9 Å². The fourth-order valence-electron chi connectivity index (χ4n) is 3.46. The predicted molar refractivity (Wildman–Crippen MR) is 110 cm³/mol. The van der Waals surface area contributed by atoms with E-state index in [4.69, 9.17) is 4.74 Å². The summed E-state index contributed by atoms with van der Waals surface area (Å²) >= 11 is 1.22. The molecule has 1 aromatic heterocycles. The average molecular weight is 423 g/mol. The molecule has 0 spiro atoms. The SMILES string of the molecule is COc1ccc(C)cc1CCNC(=O)C1CCN(S(=O)(=O)c2cccs2)CC1. The van der Waals surface area contributed by atoms with E-state index in [0.29, 0.717) is 43.1 Å². The zero-order valence-corrected chi connectivity index (χ0v) is 17.8. The maximum atomic E-state index is 12.6. The lowest BCUT2D eigenvalue weighted by Crippen LogP contribution is -2.43. The second-order valence-corrected chi connectivity index (χ2v) is 10.1. The minimum absolute atomic E-state index is 0.000193. The van der Waals surface area contributed by atoms with Gasteiger partial charge in [-0.3, -0.25) is 4.79 Å². The number of piperidine rings is 1. The second-order valence-electron chi connectivity index (χ2n) is 6.97. The predicted octanol–water partition coefficient (Wildman–Crippen LogP) is 2.82. The first-order valence-electron chi connectivity index (χ1n) is 9.36. The zero-order chi connectivity index (χ0) is 20.1. The van der Waals surface area contributed by atoms with Crippen LogP contribution in [0.1, 0.15) is 24.0 Å². The highest BCUT2D eigenvalue weighted by molar-refractivity contribution is 7.91. The number of aryl methyl sites for hydroxylation is 1. The van der Waals surface area contributed by atoms with Crippen molar-refractivity contribution in [3.63, 3.8) is 0 Å². The van der Waals surface area contributed by atoms with Gasteiger partial charge >= 0.3 is 0 Å². The lowest BCUT2D eigenvalue weighted by Gasteiger charge is -2.30. The number of hydrogen-bond donors (Lipinski definition) is 1. The number of ether oxygens (including phenoxy) is 1. The highest BCUT2D eigenvalue weighted by Gasteiger charge is 2.32. The monoisotopic (exact) mass is 422 g/mol. The summed E-state index contributed by atoms with van der Waals surface area (Å²) in [5.41, 5.74) is 2.22. The molecule has 1 N–H and O–H groups in total. The van der Waals surface area contributed by atoms with Gasteiger partial charge in [0.25, 0.3) is 10.0 Å². The highest BCUT2D eigenvalue weighted by Crippen LogP contribution is 2.26. The molecule has 0 radical (unpaired) electrons. The molecule has 1 saturated heterocycles. The van der Waals surface area contributed by atoms with Crippen LogP contribution in [0.25, 0.3) is 0 Å². The van der Waals surface area contributed by atoms with Crippen molar-refractivity contribution in [2.75, 3.05) is 26.7 Å². The molecule has 6 nitrogen and oxygen atoms in total. The summed E-state index contributed by atoms with van der Waals surface area (Å²) in [4.78, 5) is 12.5. The molecule has 0 bridgehead atoms. The van der Waals surface area contributed by atoms with Gasteiger partial charge in [0.05, 0.1) is 7.11 Å². The number of carbonyl (C=O) groups excluding carboxylic acids is 1. The van der Waals surface area contributed by atoms with Gasteiger partial charge in [0.15, 0.2) is 0 Å². The number of amides is 1. The zero-order valence-electron chi connectivity index (χ0n) is 16.2. The highest BCUT2D eigenvalue weighted by atomic mass is 32.2. The van der Waals surface area contributed by atoms with Gasteiger partial charge in [-0.15, -0.1) is 11.3 Å². The van der Waals surface area contributed by atoms with E-state index in [1.54, 1.807) is 24.6 Å². The van der Waals surface area contributed by atoms with Gasteiger partial charge in [-0.05, 0) is 49.3 Å². The quantitative estimate of drug-likeness (QED) is 0.744. The van der Waals surface area contributed by atoms with Crippen molar-refractivity contribution in [2.45, 2.75) is 30.4 Å². The van der Waals surface area contributed by atoms with E-state index >= 15 is 0 Å². The third-order valence-corrected chi connectivity index (χ3v) is 8.32. The van der Waals surface area contributed by atoms with Crippen LogP contribution >= 0.6 is 11.3 Å². The Morgan fingerprint density at radius 3 is 2.68 bits per heavy atom. The molecule has 0 atom stereocenters. The Labute approximate surface area is 170 Å². The van der Waals surface area contributed by atoms with Gasteiger partial charge in [0, 0.05) is 25.6 Å². The lowest BCUT2D eigenvalue weighted by molar-refractivity contribution is -0.126. The number of sulfonamides is 1. The molecule has 3 rings (SSSR count). The number of thiophene rings is 1. The number of carbonyl (C=O) groups is 1. The molecular weight excluding hydrogens is 396 g/mol. The van der Waals surface area contributed by atoms with E-state index in [2.05, 4.69) is 11.4 Å². The smallest absolute Gasteiger partial charge is 0.252 e. The van der Waals surface area contributed by atoms with Gasteiger partial charge in [-0.2, -0.15) is 4.31 Å². The maximum Gasteiger partial charge on any atom is 0.252 e. The largest absolute Gasteiger partial charge is 0.496 e. The fourth-order valence-corrected chi connectivity index (χ4v) is 6.08. The molecule has 1 amide bonds. The fraction of sp³-hybridized carbons (Fsp3) is 0.450. The summed E-state index contributed by atoms with van der Waals surface area (Å²) in [6.45, 7) is 3.32. The topological polar surface area (TPSA) is 75.7 Å². The third kappa shape index (κ3) is 4.74. The number of nitrogens with zero attached hydrogens (tertiary/aromatic N) is 1. The Kier molecular flexibility index (Phi) is 6.74. The third-order valence-electron chi connectivity index (χ3n) is 5.04. The molecular formula is C20H26N2O4S2. The number of benzene rings is 1. The van der Waals surface area contributed by atoms with Crippen molar-refractivity contribution in [1.82, 2.24) is 9.62 Å². The Morgan fingerprint density at radius 2 is 2.04 bits per heavy atom. The van der Waals surface area contributed by atoms with Gasteiger partial charge in [0.2, 0.25) is 5.91 Å². The number of methoxy groups -OCH3 is 1. The van der Waals surface area contributed by atoms with E-state index in [1.807, 2.05) is 19.1 Å². The van der Waals surface area contributed by atoms with Crippen molar-refractivity contribution >= 4 is 27.3 Å². The summed E-state index contributed by atoms with van der Waals surface area (Å²) in [5.74, 6) is 0.681. The van der Waals surface area contributed by atoms with E-state index < -0.39 is 10.0 Å². The van der Waals surface area contributed by atoms with Crippen LogP contribution in [-0.4, -0.2) is 45.4 Å². The molecule has 2 heterocycles. The van der Waals surface area contributed by atoms with Gasteiger partial charge in [-0.1, -0.05) is 23.8 Å². The molecule has 2 aromatic rings. The van der Waals surface area contributed by atoms with Crippen LogP contribution in [0.4, 0.5) is 0 Å². The van der Waals surface area contributed by atoms with E-state index in [1.165, 1.54) is 15.6 Å². The van der Waals surface area contributed by atoms with Crippen molar-refractivity contribution in [3.05, 3.63) is 46.8 Å². The normalized spacial score (nSPS) is 16.1. The summed E-state index contributed by atoms with van der Waals surface area (Å²) < 4.78 is 32.4. The summed E-state index contributed by atoms with van der Waals surface area (Å²) in [6, 6.07) is 9.37. The van der Waals surface area contributed by atoms with Crippen LogP contribution < -0.4 is 10.1 Å². The van der Waals surface area contributed by atoms with Crippen molar-refractivity contribution in [3.8, 4) is 5.75 Å². The Balaban J connectivity index is 1.49. The van der Waals surface area contributed by atoms with Gasteiger partial charge < -0.3 is 10.1 Å². The summed E-state index contributed by atoms with van der Waals surface area (Å²) in [7, 11) is -1.78. The Morgan fingerprint density at radius 1 is 1.29 bits per heavy atom. The van der Waals surface area contributed by atoms with Crippen LogP contribution in [0.3, 0.4) is 0 Å². The molecule has 0 saturated carbocycles. The molecule has 152 valence electrons. The molecule has 0 unspecified atom stereocenters. The number of hydrogen-bond acceptors (Lipinski definition) is 5. The summed E-state index contributed by atoms with van der Waals surface area (Å²) in [5, 5.41) is 4.75. The first-order chi connectivity index (χ1) is 13.4. The van der Waals surface area contributed by atoms with Crippen LogP contribution in [-0.2, 0) is 21.2 Å². The average Bonchev–Trinajstić information content (AvgIpc) is 3.24. The number of rotatable bonds is 7. The van der Waals surface area contributed by atoms with E-state index in [-0.39, 0.29) is 11.8 Å².